The minimum atomic E-state index is -0.110. The number of carbonyl (C=O) groups excluding carboxylic acids is 1. The highest BCUT2D eigenvalue weighted by molar-refractivity contribution is 5.77. The molecule has 1 fully saturated rings. The Bertz CT molecular complexity index is 852. The van der Waals surface area contributed by atoms with E-state index in [1.54, 1.807) is 6.20 Å². The molecule has 0 aliphatic carbocycles. The lowest BCUT2D eigenvalue weighted by atomic mass is 9.96. The van der Waals surface area contributed by atoms with Crippen LogP contribution in [0.5, 0.6) is 5.75 Å². The molecule has 0 unspecified atom stereocenters. The summed E-state index contributed by atoms with van der Waals surface area (Å²) in [4.78, 5) is 22.6. The molecule has 0 spiro atoms. The van der Waals surface area contributed by atoms with Crippen molar-refractivity contribution >= 4 is 11.7 Å². The standard InChI is InChI=1S/C22H27N5O2/c1-16(2)18-3-5-19(6-4-18)29-15-21(28)26-14-17-7-11-27(12-8-17)22-20(13-23)24-9-10-25-22/h3-6,9-10,16-17H,7-8,11-12,14-15H2,1-2H3,(H,26,28). The van der Waals surface area contributed by atoms with E-state index in [1.165, 1.54) is 11.8 Å². The number of nitrogens with one attached hydrogen (secondary N) is 1. The lowest BCUT2D eigenvalue weighted by Crippen LogP contribution is -2.40. The average molecular weight is 393 g/mol. The van der Waals surface area contributed by atoms with Gasteiger partial charge in [0.2, 0.25) is 0 Å². The van der Waals surface area contributed by atoms with Gasteiger partial charge in [-0.05, 0) is 42.4 Å². The summed E-state index contributed by atoms with van der Waals surface area (Å²) < 4.78 is 5.58. The highest BCUT2D eigenvalue weighted by Gasteiger charge is 2.22. The molecule has 152 valence electrons. The van der Waals surface area contributed by atoms with Crippen molar-refractivity contribution in [3.05, 3.63) is 47.9 Å². The second kappa shape index (κ2) is 9.87. The topological polar surface area (TPSA) is 91.1 Å². The first-order chi connectivity index (χ1) is 14.1. The van der Waals surface area contributed by atoms with E-state index in [0.29, 0.717) is 35.6 Å². The third-order valence-corrected chi connectivity index (χ3v) is 5.20. The van der Waals surface area contributed by atoms with Gasteiger partial charge in [-0.3, -0.25) is 4.79 Å². The van der Waals surface area contributed by atoms with Crippen LogP contribution >= 0.6 is 0 Å². The molecule has 1 aliphatic heterocycles. The maximum Gasteiger partial charge on any atom is 0.257 e. The van der Waals surface area contributed by atoms with Crippen LogP contribution in [0.25, 0.3) is 0 Å². The molecule has 1 aliphatic rings. The van der Waals surface area contributed by atoms with Crippen molar-refractivity contribution in [3.63, 3.8) is 0 Å². The molecule has 29 heavy (non-hydrogen) atoms. The molecule has 7 nitrogen and oxygen atoms in total. The molecule has 2 heterocycles. The molecule has 0 saturated carbocycles. The van der Waals surface area contributed by atoms with E-state index in [-0.39, 0.29) is 12.5 Å². The minimum absolute atomic E-state index is 0.0189. The van der Waals surface area contributed by atoms with E-state index in [4.69, 9.17) is 4.74 Å². The largest absolute Gasteiger partial charge is 0.484 e. The molecule has 1 amide bonds. The van der Waals surface area contributed by atoms with Gasteiger partial charge >= 0.3 is 0 Å². The molecular weight excluding hydrogens is 366 g/mol. The highest BCUT2D eigenvalue weighted by Crippen LogP contribution is 2.23. The van der Waals surface area contributed by atoms with Gasteiger partial charge in [0, 0.05) is 32.0 Å². The summed E-state index contributed by atoms with van der Waals surface area (Å²) in [5, 5.41) is 12.1. The molecule has 2 aromatic rings. The number of aromatic nitrogens is 2. The number of amides is 1. The number of rotatable bonds is 7. The van der Waals surface area contributed by atoms with Crippen LogP contribution in [0.2, 0.25) is 0 Å². The molecule has 0 atom stereocenters. The van der Waals surface area contributed by atoms with E-state index in [2.05, 4.69) is 40.1 Å². The lowest BCUT2D eigenvalue weighted by Gasteiger charge is -2.32. The second-order valence-electron chi connectivity index (χ2n) is 7.59. The number of carbonyl (C=O) groups is 1. The summed E-state index contributed by atoms with van der Waals surface area (Å²) in [6, 6.07) is 9.96. The van der Waals surface area contributed by atoms with Crippen LogP contribution in [0.4, 0.5) is 5.82 Å². The summed E-state index contributed by atoms with van der Waals surface area (Å²) in [6.45, 7) is 6.53. The van der Waals surface area contributed by atoms with Gasteiger partial charge < -0.3 is 15.0 Å². The van der Waals surface area contributed by atoms with Crippen molar-refractivity contribution in [2.45, 2.75) is 32.6 Å². The van der Waals surface area contributed by atoms with Crippen molar-refractivity contribution in [2.75, 3.05) is 31.1 Å². The fourth-order valence-electron chi connectivity index (χ4n) is 3.40. The first-order valence-electron chi connectivity index (χ1n) is 10.0. The number of ether oxygens (including phenoxy) is 1. The summed E-state index contributed by atoms with van der Waals surface area (Å²) in [5.41, 5.74) is 1.61. The Morgan fingerprint density at radius 2 is 1.93 bits per heavy atom. The zero-order chi connectivity index (χ0) is 20.6. The Balaban J connectivity index is 1.39. The first kappa shape index (κ1) is 20.6. The third-order valence-electron chi connectivity index (χ3n) is 5.20. The maximum absolute atomic E-state index is 12.1. The molecule has 0 radical (unpaired) electrons. The lowest BCUT2D eigenvalue weighted by molar-refractivity contribution is -0.123. The maximum atomic E-state index is 12.1. The van der Waals surface area contributed by atoms with Crippen molar-refractivity contribution < 1.29 is 9.53 Å². The van der Waals surface area contributed by atoms with Crippen LogP contribution < -0.4 is 15.0 Å². The quantitative estimate of drug-likeness (QED) is 0.778. The van der Waals surface area contributed by atoms with Gasteiger partial charge in [0.15, 0.2) is 18.1 Å². The van der Waals surface area contributed by atoms with Gasteiger partial charge in [-0.1, -0.05) is 26.0 Å². The van der Waals surface area contributed by atoms with Crippen LogP contribution in [0.1, 0.15) is 43.9 Å². The van der Waals surface area contributed by atoms with Gasteiger partial charge in [-0.25, -0.2) is 9.97 Å². The summed E-state index contributed by atoms with van der Waals surface area (Å²) in [7, 11) is 0. The van der Waals surface area contributed by atoms with E-state index in [1.807, 2.05) is 24.3 Å². The predicted molar refractivity (Wildman–Crippen MR) is 111 cm³/mol. The number of benzene rings is 1. The molecule has 1 saturated heterocycles. The van der Waals surface area contributed by atoms with E-state index >= 15 is 0 Å². The molecular formula is C22H27N5O2. The fourth-order valence-corrected chi connectivity index (χ4v) is 3.40. The number of piperidine rings is 1. The van der Waals surface area contributed by atoms with Gasteiger partial charge in [-0.2, -0.15) is 5.26 Å². The molecule has 7 heteroatoms. The van der Waals surface area contributed by atoms with Crippen molar-refractivity contribution in [1.29, 1.82) is 5.26 Å². The molecule has 1 N–H and O–H groups in total. The van der Waals surface area contributed by atoms with Gasteiger partial charge in [0.05, 0.1) is 0 Å². The second-order valence-corrected chi connectivity index (χ2v) is 7.59. The Labute approximate surface area is 171 Å². The summed E-state index contributed by atoms with van der Waals surface area (Å²) in [6.07, 6.45) is 5.00. The number of hydrogen-bond donors (Lipinski definition) is 1. The predicted octanol–water partition coefficient (Wildman–Crippen LogP) is 2.88. The van der Waals surface area contributed by atoms with Gasteiger partial charge in [0.1, 0.15) is 11.8 Å². The van der Waals surface area contributed by atoms with Crippen molar-refractivity contribution in [3.8, 4) is 11.8 Å². The Kier molecular flexibility index (Phi) is 7.01. The summed E-state index contributed by atoms with van der Waals surface area (Å²) >= 11 is 0. The number of hydrogen-bond acceptors (Lipinski definition) is 6. The van der Waals surface area contributed by atoms with Gasteiger partial charge in [0.25, 0.3) is 5.91 Å². The zero-order valence-corrected chi connectivity index (χ0v) is 17.0. The van der Waals surface area contributed by atoms with Crippen LogP contribution in [0.3, 0.4) is 0 Å². The van der Waals surface area contributed by atoms with E-state index in [9.17, 15) is 10.1 Å². The average Bonchev–Trinajstić information content (AvgIpc) is 2.77. The Morgan fingerprint density at radius 1 is 1.24 bits per heavy atom. The Morgan fingerprint density at radius 3 is 2.59 bits per heavy atom. The normalized spacial score (nSPS) is 14.5. The Hall–Kier alpha value is -3.14. The zero-order valence-electron chi connectivity index (χ0n) is 17.0. The number of anilines is 1. The smallest absolute Gasteiger partial charge is 0.257 e. The van der Waals surface area contributed by atoms with Crippen molar-refractivity contribution in [2.24, 2.45) is 5.92 Å². The number of nitriles is 1. The third kappa shape index (κ3) is 5.67. The molecule has 0 bridgehead atoms. The van der Waals surface area contributed by atoms with Crippen LogP contribution in [-0.2, 0) is 4.79 Å². The molecule has 1 aromatic heterocycles. The molecule has 1 aromatic carbocycles. The van der Waals surface area contributed by atoms with Gasteiger partial charge in [-0.15, -0.1) is 0 Å². The SMILES string of the molecule is CC(C)c1ccc(OCC(=O)NCC2CCN(c3nccnc3C#N)CC2)cc1. The number of nitrogens with zero attached hydrogens (tertiary/aromatic N) is 4. The monoisotopic (exact) mass is 393 g/mol. The molecule has 3 rings (SSSR count). The van der Waals surface area contributed by atoms with E-state index in [0.717, 1.165) is 25.9 Å². The first-order valence-corrected chi connectivity index (χ1v) is 10.0. The fraction of sp³-hybridized carbons (Fsp3) is 0.455. The minimum Gasteiger partial charge on any atom is -0.484 e. The highest BCUT2D eigenvalue weighted by atomic mass is 16.5. The summed E-state index contributed by atoms with van der Waals surface area (Å²) in [5.74, 6) is 2.12. The van der Waals surface area contributed by atoms with Crippen LogP contribution in [0.15, 0.2) is 36.7 Å². The van der Waals surface area contributed by atoms with Crippen molar-refractivity contribution in [1.82, 2.24) is 15.3 Å². The van der Waals surface area contributed by atoms with E-state index < -0.39 is 0 Å². The van der Waals surface area contributed by atoms with Crippen LogP contribution in [-0.4, -0.2) is 42.1 Å². The van der Waals surface area contributed by atoms with Crippen LogP contribution in [0, 0.1) is 17.2 Å².